The lowest BCUT2D eigenvalue weighted by Crippen LogP contribution is -2.63. The first-order chi connectivity index (χ1) is 17.5. The Morgan fingerprint density at radius 2 is 1.73 bits per heavy atom. The van der Waals surface area contributed by atoms with Gasteiger partial charge in [0.1, 0.15) is 12.1 Å². The first-order valence-corrected chi connectivity index (χ1v) is 12.4. The van der Waals surface area contributed by atoms with Crippen LogP contribution in [0.15, 0.2) is 76.6 Å². The third-order valence-corrected chi connectivity index (χ3v) is 7.98. The van der Waals surface area contributed by atoms with Crippen LogP contribution in [0.4, 0.5) is 13.2 Å². The third kappa shape index (κ3) is 4.30. The molecule has 0 aliphatic carbocycles. The van der Waals surface area contributed by atoms with Gasteiger partial charge in [0.25, 0.3) is 5.91 Å². The normalized spacial score (nSPS) is 23.1. The molecule has 194 valence electrons. The van der Waals surface area contributed by atoms with E-state index < -0.39 is 61.0 Å². The van der Waals surface area contributed by atoms with Gasteiger partial charge in [-0.3, -0.25) is 9.80 Å². The zero-order chi connectivity index (χ0) is 26.6. The topological polar surface area (TPSA) is 108 Å². The number of hydrazine groups is 1. The quantitative estimate of drug-likeness (QED) is 0.447. The van der Waals surface area contributed by atoms with E-state index in [1.54, 1.807) is 17.8 Å². The zero-order valence-corrected chi connectivity index (χ0v) is 20.3. The Bertz CT molecular complexity index is 1260. The molecule has 1 saturated heterocycles. The van der Waals surface area contributed by atoms with Gasteiger partial charge < -0.3 is 25.2 Å². The molecule has 0 unspecified atom stereocenters. The Labute approximate surface area is 215 Å². The molecule has 0 spiro atoms. The van der Waals surface area contributed by atoms with Gasteiger partial charge in [0, 0.05) is 22.3 Å². The van der Waals surface area contributed by atoms with E-state index in [2.05, 4.69) is 0 Å². The fraction of sp³-hybridized carbons (Fsp3) is 0.292. The molecule has 3 heterocycles. The lowest BCUT2D eigenvalue weighted by Gasteiger charge is -2.51. The Kier molecular flexibility index (Phi) is 6.53. The molecule has 1 amide bonds. The van der Waals surface area contributed by atoms with Crippen LogP contribution in [0, 0.1) is 0 Å². The van der Waals surface area contributed by atoms with Crippen molar-refractivity contribution in [1.82, 2.24) is 14.9 Å². The Morgan fingerprint density at radius 1 is 1.08 bits per heavy atom. The van der Waals surface area contributed by atoms with Gasteiger partial charge in [-0.05, 0) is 29.7 Å². The van der Waals surface area contributed by atoms with Gasteiger partial charge in [0.05, 0.1) is 12.7 Å². The number of rotatable bonds is 3. The fourth-order valence-corrected chi connectivity index (χ4v) is 5.91. The predicted octanol–water partition coefficient (Wildman–Crippen LogP) is 2.69. The Morgan fingerprint density at radius 3 is 2.41 bits per heavy atom. The van der Waals surface area contributed by atoms with E-state index in [0.717, 1.165) is 39.7 Å². The number of amides is 1. The van der Waals surface area contributed by atoms with Crippen LogP contribution >= 0.6 is 11.8 Å². The molecule has 1 fully saturated rings. The summed E-state index contributed by atoms with van der Waals surface area (Å²) in [5.74, 6) is -1.52. The molecule has 0 aromatic heterocycles. The number of alkyl halides is 3. The number of nitrogens with zero attached hydrogens (tertiary/aromatic N) is 3. The minimum Gasteiger partial charge on any atom is -0.507 e. The molecule has 0 saturated carbocycles. The van der Waals surface area contributed by atoms with Crippen molar-refractivity contribution in [3.8, 4) is 0 Å². The van der Waals surface area contributed by atoms with Crippen molar-refractivity contribution >= 4 is 24.8 Å². The van der Waals surface area contributed by atoms with Crippen molar-refractivity contribution < 1.29 is 38.2 Å². The van der Waals surface area contributed by atoms with Crippen molar-refractivity contribution in [2.45, 2.75) is 41.9 Å². The maximum Gasteiger partial charge on any atom is 0.488 e. The molecule has 4 N–H and O–H groups in total. The number of aliphatic hydroxyl groups excluding tert-OH is 2. The molecule has 5 rings (SSSR count). The number of aliphatic hydroxyl groups is 2. The molecule has 3 aliphatic heterocycles. The smallest absolute Gasteiger partial charge is 0.488 e. The largest absolute Gasteiger partial charge is 0.507 e. The molecule has 2 aromatic rings. The summed E-state index contributed by atoms with van der Waals surface area (Å²) in [6.07, 6.45) is -5.66. The van der Waals surface area contributed by atoms with Crippen molar-refractivity contribution in [2.75, 3.05) is 6.67 Å². The van der Waals surface area contributed by atoms with Crippen LogP contribution in [-0.2, 0) is 10.5 Å². The SMILES string of the molecule is C[C@@H](N1CN([C@H]2c3ccccc3CSc3ccccc32)N2C=C(B(O)O)[C@@H](O)C(O)=C2C1=O)C(F)(F)F. The van der Waals surface area contributed by atoms with Gasteiger partial charge in [-0.25, -0.2) is 0 Å². The standard InChI is InChI=1S/C24H23BF3N3O5S/c1-13(24(26,27)28)29-12-31(30-10-17(25(35)36)21(32)22(33)20(30)23(29)34)19-15-7-3-2-6-14(15)11-37-18-9-5-4-8-16(18)19/h2-10,13,19,21,32-33,35-36H,11-12H2,1H3/t13-,19+,21-/m1/s1. The Balaban J connectivity index is 1.75. The highest BCUT2D eigenvalue weighted by atomic mass is 32.2. The summed E-state index contributed by atoms with van der Waals surface area (Å²) in [7, 11) is -2.19. The number of thioether (sulfide) groups is 1. The van der Waals surface area contributed by atoms with Gasteiger partial charge in [0.15, 0.2) is 11.5 Å². The molecule has 2 aromatic carbocycles. The molecule has 3 aliphatic rings. The summed E-state index contributed by atoms with van der Waals surface area (Å²) in [6, 6.07) is 11.9. The second kappa shape index (κ2) is 9.41. The van der Waals surface area contributed by atoms with Gasteiger partial charge in [-0.1, -0.05) is 42.5 Å². The van der Waals surface area contributed by atoms with E-state index in [1.165, 1.54) is 5.01 Å². The van der Waals surface area contributed by atoms with Crippen LogP contribution in [-0.4, -0.2) is 73.2 Å². The molecular formula is C24H23BF3N3O5S. The number of hydrogen-bond donors (Lipinski definition) is 4. The van der Waals surface area contributed by atoms with E-state index in [1.807, 2.05) is 42.5 Å². The average molecular weight is 533 g/mol. The molecule has 0 bridgehead atoms. The number of benzene rings is 2. The minimum absolute atomic E-state index is 0.430. The summed E-state index contributed by atoms with van der Waals surface area (Å²) in [4.78, 5) is 14.8. The molecule has 0 radical (unpaired) electrons. The third-order valence-electron chi connectivity index (χ3n) is 6.84. The highest BCUT2D eigenvalue weighted by Gasteiger charge is 2.51. The second-order valence-corrected chi connectivity index (χ2v) is 10.0. The number of hydrogen-bond acceptors (Lipinski definition) is 8. The maximum absolute atomic E-state index is 13.8. The number of halogens is 3. The van der Waals surface area contributed by atoms with E-state index >= 15 is 0 Å². The van der Waals surface area contributed by atoms with Crippen molar-refractivity contribution in [1.29, 1.82) is 0 Å². The molecule has 8 nitrogen and oxygen atoms in total. The lowest BCUT2D eigenvalue weighted by molar-refractivity contribution is -0.204. The van der Waals surface area contributed by atoms with E-state index in [-0.39, 0.29) is 0 Å². The first kappa shape index (κ1) is 25.7. The second-order valence-electron chi connectivity index (χ2n) is 8.98. The van der Waals surface area contributed by atoms with E-state index in [0.29, 0.717) is 10.7 Å². The number of fused-ring (bicyclic) bond motifs is 3. The lowest BCUT2D eigenvalue weighted by atomic mass is 9.74. The van der Waals surface area contributed by atoms with Crippen molar-refractivity contribution in [3.63, 3.8) is 0 Å². The highest BCUT2D eigenvalue weighted by Crippen LogP contribution is 2.46. The molecule has 13 heteroatoms. The summed E-state index contributed by atoms with van der Waals surface area (Å²) < 4.78 is 41.5. The van der Waals surface area contributed by atoms with Gasteiger partial charge in [-0.2, -0.15) is 18.2 Å². The summed E-state index contributed by atoms with van der Waals surface area (Å²) in [6.45, 7) is 0.321. The van der Waals surface area contributed by atoms with Crippen molar-refractivity contribution in [3.05, 3.63) is 88.3 Å². The summed E-state index contributed by atoms with van der Waals surface area (Å²) >= 11 is 1.57. The molecular weight excluding hydrogens is 510 g/mol. The van der Waals surface area contributed by atoms with E-state index in [4.69, 9.17) is 0 Å². The number of carbonyl (C=O) groups excluding carboxylic acids is 1. The Hall–Kier alpha value is -2.97. The predicted molar refractivity (Wildman–Crippen MR) is 129 cm³/mol. The van der Waals surface area contributed by atoms with Gasteiger partial charge >= 0.3 is 13.3 Å². The van der Waals surface area contributed by atoms with Crippen LogP contribution in [0.2, 0.25) is 0 Å². The summed E-state index contributed by atoms with van der Waals surface area (Å²) in [5.41, 5.74) is 1.44. The number of carbonyl (C=O) groups is 1. The molecule has 37 heavy (non-hydrogen) atoms. The zero-order valence-electron chi connectivity index (χ0n) is 19.5. The fourth-order valence-electron chi connectivity index (χ4n) is 4.82. The van der Waals surface area contributed by atoms with Crippen molar-refractivity contribution in [2.24, 2.45) is 0 Å². The van der Waals surface area contributed by atoms with Gasteiger partial charge in [0.2, 0.25) is 0 Å². The van der Waals surface area contributed by atoms with Crippen LogP contribution in [0.1, 0.15) is 29.7 Å². The highest BCUT2D eigenvalue weighted by molar-refractivity contribution is 7.98. The molecule has 3 atom stereocenters. The van der Waals surface area contributed by atoms with Gasteiger partial charge in [-0.15, -0.1) is 11.8 Å². The monoisotopic (exact) mass is 533 g/mol. The van der Waals surface area contributed by atoms with Crippen LogP contribution in [0.3, 0.4) is 0 Å². The van der Waals surface area contributed by atoms with Crippen LogP contribution in [0.5, 0.6) is 0 Å². The average Bonchev–Trinajstić information content (AvgIpc) is 3.02. The van der Waals surface area contributed by atoms with E-state index in [9.17, 15) is 38.2 Å². The first-order valence-electron chi connectivity index (χ1n) is 11.4. The maximum atomic E-state index is 13.8. The van der Waals surface area contributed by atoms with Crippen LogP contribution < -0.4 is 0 Å². The minimum atomic E-state index is -4.76. The summed E-state index contributed by atoms with van der Waals surface area (Å²) in [5, 5.41) is 43.5. The van der Waals surface area contributed by atoms with Crippen LogP contribution in [0.25, 0.3) is 0 Å².